The van der Waals surface area contributed by atoms with E-state index in [1.807, 2.05) is 19.1 Å². The fraction of sp³-hybridized carbons (Fsp3) is 0.417. The highest BCUT2D eigenvalue weighted by molar-refractivity contribution is 7.61. The molecule has 0 spiro atoms. The smallest absolute Gasteiger partial charge is 0.320 e. The topological polar surface area (TPSA) is 101 Å². The van der Waals surface area contributed by atoms with Crippen LogP contribution in [0.3, 0.4) is 0 Å². The Labute approximate surface area is 112 Å². The molecule has 0 saturated carbocycles. The Morgan fingerprint density at radius 1 is 1.37 bits per heavy atom. The van der Waals surface area contributed by atoms with E-state index in [9.17, 15) is 9.36 Å². The average Bonchev–Trinajstić information content (AvgIpc) is 2.35. The van der Waals surface area contributed by atoms with Gasteiger partial charge in [-0.3, -0.25) is 14.0 Å². The molecule has 1 aliphatic heterocycles. The first-order valence-electron chi connectivity index (χ1n) is 6.21. The third-order valence-electron chi connectivity index (χ3n) is 3.16. The molecule has 1 fully saturated rings. The van der Waals surface area contributed by atoms with Crippen LogP contribution in [0.4, 0.5) is 5.69 Å². The number of piperidine rings is 1. The van der Waals surface area contributed by atoms with Crippen molar-refractivity contribution in [1.29, 1.82) is 0 Å². The van der Waals surface area contributed by atoms with Gasteiger partial charge in [-0.15, -0.1) is 0 Å². The van der Waals surface area contributed by atoms with E-state index in [1.54, 1.807) is 12.1 Å². The summed E-state index contributed by atoms with van der Waals surface area (Å²) in [5.74, 6) is -0.350. The lowest BCUT2D eigenvalue weighted by molar-refractivity contribution is -0.129. The molecule has 7 heteroatoms. The van der Waals surface area contributed by atoms with Crippen LogP contribution in [0.2, 0.25) is 0 Å². The van der Waals surface area contributed by atoms with Crippen LogP contribution >= 0.6 is 7.59 Å². The zero-order chi connectivity index (χ0) is 14.0. The summed E-state index contributed by atoms with van der Waals surface area (Å²) in [6.45, 7) is 2.33. The lowest BCUT2D eigenvalue weighted by Gasteiger charge is -2.34. The first-order chi connectivity index (χ1) is 8.90. The number of carbonyl (C=O) groups is 1. The van der Waals surface area contributed by atoms with Crippen molar-refractivity contribution in [3.63, 3.8) is 0 Å². The van der Waals surface area contributed by atoms with Crippen LogP contribution in [0.15, 0.2) is 24.3 Å². The Bertz CT molecular complexity index is 517. The quantitative estimate of drug-likeness (QED) is 0.728. The number of hydrogen-bond donors (Lipinski definition) is 3. The number of nitrogens with zero attached hydrogens (tertiary/aromatic N) is 1. The van der Waals surface area contributed by atoms with Crippen molar-refractivity contribution in [1.82, 2.24) is 4.67 Å². The minimum absolute atomic E-state index is 0.350. The van der Waals surface area contributed by atoms with Crippen LogP contribution in [0.25, 0.3) is 0 Å². The third kappa shape index (κ3) is 3.15. The molecule has 2 rings (SSSR count). The molecule has 104 valence electrons. The normalized spacial score (nSPS) is 23.0. The summed E-state index contributed by atoms with van der Waals surface area (Å²) >= 11 is 0. The Morgan fingerprint density at radius 2 is 2.00 bits per heavy atom. The molecule has 5 N–H and O–H groups in total. The van der Waals surface area contributed by atoms with Crippen molar-refractivity contribution < 1.29 is 9.36 Å². The van der Waals surface area contributed by atoms with Gasteiger partial charge in [0.2, 0.25) is 5.91 Å². The number of nitrogens with two attached hydrogens (primary N) is 2. The van der Waals surface area contributed by atoms with E-state index >= 15 is 0 Å². The van der Waals surface area contributed by atoms with Crippen LogP contribution in [-0.2, 0) is 9.36 Å². The molecule has 6 nitrogen and oxygen atoms in total. The lowest BCUT2D eigenvalue weighted by Crippen LogP contribution is -2.48. The molecular formula is C12H19N4O2P. The second-order valence-electron chi connectivity index (χ2n) is 4.81. The van der Waals surface area contributed by atoms with E-state index in [2.05, 4.69) is 5.09 Å². The van der Waals surface area contributed by atoms with Crippen molar-refractivity contribution in [3.8, 4) is 0 Å². The first kappa shape index (κ1) is 14.1. The third-order valence-corrected chi connectivity index (χ3v) is 4.85. The molecule has 1 unspecified atom stereocenters. The minimum atomic E-state index is -3.44. The first-order valence-corrected chi connectivity index (χ1v) is 7.94. The summed E-state index contributed by atoms with van der Waals surface area (Å²) in [5, 5.41) is 2.75. The van der Waals surface area contributed by atoms with Crippen molar-refractivity contribution >= 4 is 19.2 Å². The monoisotopic (exact) mass is 282 g/mol. The SMILES string of the molecule is Cc1ccc(NP(N)(=O)N2CCC[C@H](N)C2=O)cc1. The van der Waals surface area contributed by atoms with E-state index in [1.165, 1.54) is 4.67 Å². The van der Waals surface area contributed by atoms with Crippen molar-refractivity contribution in [2.45, 2.75) is 25.8 Å². The van der Waals surface area contributed by atoms with Gasteiger partial charge in [0.1, 0.15) is 0 Å². The maximum Gasteiger partial charge on any atom is 0.330 e. The summed E-state index contributed by atoms with van der Waals surface area (Å²) in [7, 11) is -3.44. The van der Waals surface area contributed by atoms with Gasteiger partial charge in [0.05, 0.1) is 6.04 Å². The predicted molar refractivity (Wildman–Crippen MR) is 75.5 cm³/mol. The van der Waals surface area contributed by atoms with E-state index in [4.69, 9.17) is 11.2 Å². The summed E-state index contributed by atoms with van der Waals surface area (Å²) in [5.41, 5.74) is 13.2. The Balaban J connectivity index is 2.15. The van der Waals surface area contributed by atoms with Crippen LogP contribution in [0.5, 0.6) is 0 Å². The van der Waals surface area contributed by atoms with Gasteiger partial charge in [0.25, 0.3) is 0 Å². The molecule has 0 aliphatic carbocycles. The van der Waals surface area contributed by atoms with E-state index in [-0.39, 0.29) is 5.91 Å². The number of carbonyl (C=O) groups excluding carboxylic acids is 1. The van der Waals surface area contributed by atoms with Gasteiger partial charge in [-0.1, -0.05) is 17.7 Å². The summed E-state index contributed by atoms with van der Waals surface area (Å²) in [4.78, 5) is 11.9. The molecule has 0 aromatic heterocycles. The molecule has 1 aromatic rings. The van der Waals surface area contributed by atoms with E-state index < -0.39 is 13.6 Å². The van der Waals surface area contributed by atoms with Gasteiger partial charge in [-0.25, -0.2) is 5.50 Å². The number of rotatable bonds is 3. The van der Waals surface area contributed by atoms with Gasteiger partial charge < -0.3 is 10.8 Å². The van der Waals surface area contributed by atoms with Crippen molar-refractivity contribution in [2.75, 3.05) is 11.6 Å². The Morgan fingerprint density at radius 3 is 2.63 bits per heavy atom. The molecule has 1 saturated heterocycles. The van der Waals surface area contributed by atoms with Gasteiger partial charge in [-0.2, -0.15) is 0 Å². The highest BCUT2D eigenvalue weighted by Gasteiger charge is 2.36. The largest absolute Gasteiger partial charge is 0.330 e. The summed E-state index contributed by atoms with van der Waals surface area (Å²) in [6.07, 6.45) is 1.32. The van der Waals surface area contributed by atoms with Gasteiger partial charge in [0.15, 0.2) is 0 Å². The van der Waals surface area contributed by atoms with Crippen LogP contribution in [0.1, 0.15) is 18.4 Å². The molecule has 1 heterocycles. The summed E-state index contributed by atoms with van der Waals surface area (Å²) < 4.78 is 13.7. The molecule has 0 bridgehead atoms. The second-order valence-corrected chi connectivity index (χ2v) is 6.76. The fourth-order valence-corrected chi connectivity index (χ4v) is 3.57. The van der Waals surface area contributed by atoms with Crippen LogP contribution in [0, 0.1) is 6.92 Å². The van der Waals surface area contributed by atoms with E-state index in [0.29, 0.717) is 25.1 Å². The maximum atomic E-state index is 12.5. The lowest BCUT2D eigenvalue weighted by atomic mass is 10.1. The van der Waals surface area contributed by atoms with Crippen LogP contribution < -0.4 is 16.3 Å². The Hall–Kier alpha value is -1.36. The molecule has 2 atom stereocenters. The highest BCUT2D eigenvalue weighted by Crippen LogP contribution is 2.43. The molecular weight excluding hydrogens is 263 g/mol. The van der Waals surface area contributed by atoms with E-state index in [0.717, 1.165) is 5.56 Å². The fourth-order valence-electron chi connectivity index (χ4n) is 2.05. The highest BCUT2D eigenvalue weighted by atomic mass is 31.2. The minimum Gasteiger partial charge on any atom is -0.320 e. The second kappa shape index (κ2) is 5.33. The zero-order valence-corrected chi connectivity index (χ0v) is 11.8. The Kier molecular flexibility index (Phi) is 3.94. The van der Waals surface area contributed by atoms with Crippen molar-refractivity contribution in [3.05, 3.63) is 29.8 Å². The summed E-state index contributed by atoms with van der Waals surface area (Å²) in [6, 6.07) is 6.72. The van der Waals surface area contributed by atoms with Gasteiger partial charge in [0, 0.05) is 12.2 Å². The molecule has 0 radical (unpaired) electrons. The van der Waals surface area contributed by atoms with Crippen LogP contribution in [-0.4, -0.2) is 23.2 Å². The van der Waals surface area contributed by atoms with Gasteiger partial charge >= 0.3 is 7.59 Å². The number of benzene rings is 1. The molecule has 1 aliphatic rings. The standard InChI is InChI=1S/C12H19N4O2P/c1-9-4-6-10(7-5-9)15-19(14,18)16-8-2-3-11(13)12(16)17/h4-7,11H,2-3,8,13H2,1H3,(H3,14,15,18)/t11-,19?/m0/s1. The number of hydrogen-bond acceptors (Lipinski definition) is 3. The molecule has 1 amide bonds. The van der Waals surface area contributed by atoms with Gasteiger partial charge in [-0.05, 0) is 31.9 Å². The number of anilines is 1. The average molecular weight is 282 g/mol. The number of nitrogens with one attached hydrogen (secondary N) is 1. The number of amides is 1. The molecule has 19 heavy (non-hydrogen) atoms. The maximum absolute atomic E-state index is 12.5. The number of aryl methyl sites for hydroxylation is 1. The molecule has 1 aromatic carbocycles. The predicted octanol–water partition coefficient (Wildman–Crippen LogP) is 1.42. The van der Waals surface area contributed by atoms with Crippen molar-refractivity contribution in [2.24, 2.45) is 11.2 Å². The zero-order valence-electron chi connectivity index (χ0n) is 10.9.